The number of amides is 1. The van der Waals surface area contributed by atoms with Gasteiger partial charge in [-0.2, -0.15) is 0 Å². The first-order valence-corrected chi connectivity index (χ1v) is 7.52. The smallest absolute Gasteiger partial charge is 0.251 e. The summed E-state index contributed by atoms with van der Waals surface area (Å²) >= 11 is 0. The monoisotopic (exact) mass is 270 g/mol. The molecule has 0 fully saturated rings. The number of benzene rings is 1. The van der Waals surface area contributed by atoms with Crippen molar-refractivity contribution in [3.63, 3.8) is 0 Å². The second-order valence-electron chi connectivity index (χ2n) is 3.99. The maximum atomic E-state index is 11.9. The summed E-state index contributed by atoms with van der Waals surface area (Å²) in [5.41, 5.74) is 1.61. The molecule has 1 rings (SSSR count). The molecule has 100 valence electrons. The first kappa shape index (κ1) is 14.7. The fourth-order valence-corrected chi connectivity index (χ4v) is 2.17. The van der Waals surface area contributed by atoms with E-state index in [-0.39, 0.29) is 11.7 Å². The Kier molecular flexibility index (Phi) is 5.30. The van der Waals surface area contributed by atoms with Crippen LogP contribution >= 0.6 is 0 Å². The molecule has 0 aromatic heterocycles. The minimum Gasteiger partial charge on any atom is -0.352 e. The minimum absolute atomic E-state index is 0.122. The fourth-order valence-electron chi connectivity index (χ4n) is 1.62. The second-order valence-corrected chi connectivity index (χ2v) is 5.72. The van der Waals surface area contributed by atoms with Crippen molar-refractivity contribution < 1.29 is 13.2 Å². The van der Waals surface area contributed by atoms with Crippen molar-refractivity contribution in [2.24, 2.45) is 5.14 Å². The molecular weight excluding hydrogens is 252 g/mol. The van der Waals surface area contributed by atoms with Crippen molar-refractivity contribution in [2.75, 3.05) is 12.3 Å². The van der Waals surface area contributed by atoms with Crippen LogP contribution in [0.4, 0.5) is 0 Å². The Morgan fingerprint density at radius 1 is 1.33 bits per heavy atom. The normalized spacial score (nSPS) is 11.2. The predicted octanol–water partition coefficient (Wildman–Crippen LogP) is 0.657. The van der Waals surface area contributed by atoms with Gasteiger partial charge in [0.05, 0.1) is 5.75 Å². The Morgan fingerprint density at radius 2 is 2.00 bits per heavy atom. The first-order chi connectivity index (χ1) is 8.44. The summed E-state index contributed by atoms with van der Waals surface area (Å²) in [7, 11) is -3.45. The summed E-state index contributed by atoms with van der Waals surface area (Å²) in [4.78, 5) is 11.9. The van der Waals surface area contributed by atoms with Crippen LogP contribution in [0, 0.1) is 0 Å². The fraction of sp³-hybridized carbons (Fsp3) is 0.417. The number of aryl methyl sites for hydroxylation is 1. The molecule has 0 aliphatic carbocycles. The highest BCUT2D eigenvalue weighted by Gasteiger charge is 2.09. The van der Waals surface area contributed by atoms with Gasteiger partial charge in [-0.05, 0) is 24.5 Å². The summed E-state index contributed by atoms with van der Waals surface area (Å²) in [5.74, 6) is -0.301. The molecule has 0 unspecified atom stereocenters. The van der Waals surface area contributed by atoms with Crippen molar-refractivity contribution in [1.29, 1.82) is 0 Å². The molecule has 5 nitrogen and oxygen atoms in total. The molecular formula is C12H18N2O3S. The summed E-state index contributed by atoms with van der Waals surface area (Å²) in [6, 6.07) is 7.35. The average molecular weight is 270 g/mol. The molecule has 0 heterocycles. The number of rotatable bonds is 6. The summed E-state index contributed by atoms with van der Waals surface area (Å²) < 4.78 is 21.4. The molecule has 0 radical (unpaired) electrons. The Labute approximate surface area is 107 Å². The van der Waals surface area contributed by atoms with Crippen molar-refractivity contribution in [3.8, 4) is 0 Å². The summed E-state index contributed by atoms with van der Waals surface area (Å²) in [6.45, 7) is 2.28. The molecule has 0 aliphatic rings. The molecule has 18 heavy (non-hydrogen) atoms. The lowest BCUT2D eigenvalue weighted by Gasteiger charge is -2.08. The van der Waals surface area contributed by atoms with Crippen LogP contribution in [0.15, 0.2) is 24.3 Å². The van der Waals surface area contributed by atoms with Crippen LogP contribution in [-0.2, 0) is 16.4 Å². The number of nitrogens with one attached hydrogen (secondary N) is 1. The van der Waals surface area contributed by atoms with Gasteiger partial charge in [-0.25, -0.2) is 13.6 Å². The maximum Gasteiger partial charge on any atom is 0.251 e. The largest absolute Gasteiger partial charge is 0.352 e. The van der Waals surface area contributed by atoms with Crippen LogP contribution in [0.5, 0.6) is 0 Å². The Balaban J connectivity index is 2.51. The lowest BCUT2D eigenvalue weighted by Crippen LogP contribution is -2.28. The first-order valence-electron chi connectivity index (χ1n) is 5.80. The topological polar surface area (TPSA) is 89.3 Å². The maximum absolute atomic E-state index is 11.9. The van der Waals surface area contributed by atoms with Crippen LogP contribution in [-0.4, -0.2) is 26.6 Å². The van der Waals surface area contributed by atoms with Gasteiger partial charge in [0.2, 0.25) is 10.0 Å². The molecule has 0 saturated heterocycles. The molecule has 1 aromatic rings. The lowest BCUT2D eigenvalue weighted by atomic mass is 10.0. The highest BCUT2D eigenvalue weighted by atomic mass is 32.2. The van der Waals surface area contributed by atoms with E-state index in [1.807, 2.05) is 19.1 Å². The van der Waals surface area contributed by atoms with Gasteiger partial charge in [-0.3, -0.25) is 4.79 Å². The van der Waals surface area contributed by atoms with Gasteiger partial charge < -0.3 is 5.32 Å². The molecule has 0 atom stereocenters. The van der Waals surface area contributed by atoms with E-state index in [1.165, 1.54) is 0 Å². The zero-order valence-electron chi connectivity index (χ0n) is 10.3. The number of nitrogens with two attached hydrogens (primary N) is 1. The van der Waals surface area contributed by atoms with E-state index in [9.17, 15) is 13.2 Å². The van der Waals surface area contributed by atoms with Gasteiger partial charge in [0.25, 0.3) is 5.91 Å². The lowest BCUT2D eigenvalue weighted by molar-refractivity contribution is 0.0953. The molecule has 3 N–H and O–H groups in total. The summed E-state index contributed by atoms with van der Waals surface area (Å²) in [6.07, 6.45) is 1.10. The quantitative estimate of drug-likeness (QED) is 0.744. The molecule has 0 spiro atoms. The number of carbonyl (C=O) groups is 1. The third-order valence-corrected chi connectivity index (χ3v) is 3.39. The SMILES string of the molecule is CCc1ccccc1C(=O)NCCCS(N)(=O)=O. The van der Waals surface area contributed by atoms with Crippen molar-refractivity contribution in [3.05, 3.63) is 35.4 Å². The number of hydrogen-bond donors (Lipinski definition) is 2. The van der Waals surface area contributed by atoms with E-state index in [2.05, 4.69) is 5.32 Å². The van der Waals surface area contributed by atoms with Gasteiger partial charge in [-0.1, -0.05) is 25.1 Å². The summed E-state index contributed by atoms with van der Waals surface area (Å²) in [5, 5.41) is 7.56. The molecule has 0 bridgehead atoms. The second kappa shape index (κ2) is 6.51. The van der Waals surface area contributed by atoms with Gasteiger partial charge in [0.1, 0.15) is 0 Å². The van der Waals surface area contributed by atoms with E-state index >= 15 is 0 Å². The molecule has 1 amide bonds. The number of carbonyl (C=O) groups excluding carboxylic acids is 1. The van der Waals surface area contributed by atoms with Crippen LogP contribution in [0.25, 0.3) is 0 Å². The predicted molar refractivity (Wildman–Crippen MR) is 70.7 cm³/mol. The standard InChI is InChI=1S/C12H18N2O3S/c1-2-10-6-3-4-7-11(10)12(15)14-8-5-9-18(13,16)17/h3-4,6-7H,2,5,8-9H2,1H3,(H,14,15)(H2,13,16,17). The van der Waals surface area contributed by atoms with E-state index in [0.29, 0.717) is 18.5 Å². The Bertz CT molecular complexity index is 512. The van der Waals surface area contributed by atoms with Crippen LogP contribution in [0.3, 0.4) is 0 Å². The van der Waals surface area contributed by atoms with E-state index in [0.717, 1.165) is 12.0 Å². The van der Waals surface area contributed by atoms with E-state index in [1.54, 1.807) is 12.1 Å². The average Bonchev–Trinajstić information content (AvgIpc) is 2.33. The molecule has 6 heteroatoms. The van der Waals surface area contributed by atoms with E-state index in [4.69, 9.17) is 5.14 Å². The van der Waals surface area contributed by atoms with Crippen LogP contribution in [0.2, 0.25) is 0 Å². The van der Waals surface area contributed by atoms with Gasteiger partial charge in [0, 0.05) is 12.1 Å². The highest BCUT2D eigenvalue weighted by molar-refractivity contribution is 7.89. The number of sulfonamides is 1. The van der Waals surface area contributed by atoms with Gasteiger partial charge >= 0.3 is 0 Å². The van der Waals surface area contributed by atoms with Gasteiger partial charge in [-0.15, -0.1) is 0 Å². The Hall–Kier alpha value is -1.40. The third kappa shape index (κ3) is 4.85. The number of hydrogen-bond acceptors (Lipinski definition) is 3. The minimum atomic E-state index is -3.45. The van der Waals surface area contributed by atoms with Crippen molar-refractivity contribution >= 4 is 15.9 Å². The zero-order valence-corrected chi connectivity index (χ0v) is 11.2. The molecule has 0 aliphatic heterocycles. The number of primary sulfonamides is 1. The molecule has 1 aromatic carbocycles. The van der Waals surface area contributed by atoms with Crippen molar-refractivity contribution in [2.45, 2.75) is 19.8 Å². The van der Waals surface area contributed by atoms with Gasteiger partial charge in [0.15, 0.2) is 0 Å². The Morgan fingerprint density at radius 3 is 2.61 bits per heavy atom. The van der Waals surface area contributed by atoms with E-state index < -0.39 is 10.0 Å². The highest BCUT2D eigenvalue weighted by Crippen LogP contribution is 2.08. The van der Waals surface area contributed by atoms with Crippen LogP contribution < -0.4 is 10.5 Å². The van der Waals surface area contributed by atoms with Crippen molar-refractivity contribution in [1.82, 2.24) is 5.32 Å². The van der Waals surface area contributed by atoms with Crippen LogP contribution in [0.1, 0.15) is 29.3 Å². The third-order valence-electron chi connectivity index (χ3n) is 2.53. The molecule has 0 saturated carbocycles. The zero-order chi connectivity index (χ0) is 13.6.